The molecule has 4 heteroatoms. The number of nitrogens with zero attached hydrogens (tertiary/aromatic N) is 1. The minimum atomic E-state index is 0.0625. The summed E-state index contributed by atoms with van der Waals surface area (Å²) >= 11 is 1.66. The van der Waals surface area contributed by atoms with Crippen LogP contribution in [0.5, 0.6) is 0 Å². The summed E-state index contributed by atoms with van der Waals surface area (Å²) in [6.45, 7) is 4.10. The van der Waals surface area contributed by atoms with E-state index >= 15 is 0 Å². The van der Waals surface area contributed by atoms with Crippen LogP contribution in [0.25, 0.3) is 0 Å². The van der Waals surface area contributed by atoms with Crippen LogP contribution in [0.1, 0.15) is 38.3 Å². The summed E-state index contributed by atoms with van der Waals surface area (Å²) < 4.78 is 0. The Morgan fingerprint density at radius 2 is 2.31 bits per heavy atom. The molecule has 16 heavy (non-hydrogen) atoms. The zero-order valence-electron chi connectivity index (χ0n) is 9.72. The average molecular weight is 238 g/mol. The lowest BCUT2D eigenvalue weighted by atomic mass is 9.91. The second kappa shape index (κ2) is 4.55. The molecule has 0 saturated carbocycles. The second-order valence-electron chi connectivity index (χ2n) is 4.60. The molecule has 1 aliphatic heterocycles. The topological polar surface area (TPSA) is 46.3 Å². The number of piperidine rings is 1. The maximum absolute atomic E-state index is 12.0. The van der Waals surface area contributed by atoms with Crippen LogP contribution in [0.2, 0.25) is 0 Å². The van der Waals surface area contributed by atoms with E-state index in [1.807, 2.05) is 10.3 Å². The van der Waals surface area contributed by atoms with Gasteiger partial charge in [-0.25, -0.2) is 0 Å². The van der Waals surface area contributed by atoms with Gasteiger partial charge in [-0.05, 0) is 42.7 Å². The van der Waals surface area contributed by atoms with Crippen LogP contribution in [0.4, 0.5) is 0 Å². The van der Waals surface area contributed by atoms with Crippen molar-refractivity contribution in [1.29, 1.82) is 0 Å². The molecule has 1 aromatic rings. The van der Waals surface area contributed by atoms with Gasteiger partial charge in [0.25, 0.3) is 0 Å². The van der Waals surface area contributed by atoms with Crippen molar-refractivity contribution in [3.8, 4) is 0 Å². The Hall–Kier alpha value is -0.870. The number of carbonyl (C=O) groups excluding carboxylic acids is 1. The fraction of sp³-hybridized carbons (Fsp3) is 0.583. The normalized spacial score (nSPS) is 26.5. The van der Waals surface area contributed by atoms with Gasteiger partial charge in [-0.3, -0.25) is 4.79 Å². The predicted molar refractivity (Wildman–Crippen MR) is 66.3 cm³/mol. The number of hydrogen-bond donors (Lipinski definition) is 1. The average Bonchev–Trinajstić information content (AvgIpc) is 2.73. The van der Waals surface area contributed by atoms with Gasteiger partial charge < -0.3 is 10.6 Å². The van der Waals surface area contributed by atoms with Gasteiger partial charge in [0.2, 0.25) is 5.91 Å². The van der Waals surface area contributed by atoms with Crippen molar-refractivity contribution in [3.05, 3.63) is 22.4 Å². The van der Waals surface area contributed by atoms with Crippen LogP contribution in [-0.2, 0) is 4.79 Å². The van der Waals surface area contributed by atoms with Gasteiger partial charge in [0.05, 0.1) is 6.04 Å². The second-order valence-corrected chi connectivity index (χ2v) is 5.38. The third-order valence-corrected chi connectivity index (χ3v) is 3.83. The minimum Gasteiger partial charge on any atom is -0.332 e. The smallest absolute Gasteiger partial charge is 0.223 e. The molecular formula is C12H18N2OS. The summed E-state index contributed by atoms with van der Waals surface area (Å²) in [5, 5.41) is 4.14. The van der Waals surface area contributed by atoms with Crippen LogP contribution >= 0.6 is 11.3 Å². The zero-order chi connectivity index (χ0) is 11.7. The highest BCUT2D eigenvalue weighted by atomic mass is 32.1. The van der Waals surface area contributed by atoms with Crippen LogP contribution in [0, 0.1) is 0 Å². The molecule has 2 rings (SSSR count). The van der Waals surface area contributed by atoms with E-state index in [-0.39, 0.29) is 24.0 Å². The van der Waals surface area contributed by atoms with Crippen LogP contribution < -0.4 is 5.73 Å². The Bertz CT molecular complexity index is 361. The van der Waals surface area contributed by atoms with Crippen molar-refractivity contribution < 1.29 is 4.79 Å². The Morgan fingerprint density at radius 1 is 1.56 bits per heavy atom. The van der Waals surface area contributed by atoms with E-state index < -0.39 is 0 Å². The predicted octanol–water partition coefficient (Wildman–Crippen LogP) is 2.15. The summed E-state index contributed by atoms with van der Waals surface area (Å²) in [5.41, 5.74) is 7.35. The van der Waals surface area contributed by atoms with E-state index in [0.29, 0.717) is 6.42 Å². The lowest BCUT2D eigenvalue weighted by Gasteiger charge is -2.42. The van der Waals surface area contributed by atoms with E-state index in [1.165, 1.54) is 5.56 Å². The van der Waals surface area contributed by atoms with Gasteiger partial charge in [0, 0.05) is 18.5 Å². The molecule has 1 saturated heterocycles. The SMILES string of the molecule is CC(C)N1C(=O)CCC(N)C1c1ccsc1. The zero-order valence-corrected chi connectivity index (χ0v) is 10.5. The van der Waals surface area contributed by atoms with Gasteiger partial charge in [-0.1, -0.05) is 0 Å². The molecule has 0 aromatic carbocycles. The van der Waals surface area contributed by atoms with Crippen molar-refractivity contribution in [3.63, 3.8) is 0 Å². The number of nitrogens with two attached hydrogens (primary N) is 1. The van der Waals surface area contributed by atoms with Gasteiger partial charge in [-0.2, -0.15) is 11.3 Å². The number of carbonyl (C=O) groups is 1. The number of amides is 1. The van der Waals surface area contributed by atoms with E-state index in [9.17, 15) is 4.79 Å². The van der Waals surface area contributed by atoms with E-state index in [2.05, 4.69) is 25.3 Å². The van der Waals surface area contributed by atoms with E-state index in [1.54, 1.807) is 11.3 Å². The molecule has 1 aromatic heterocycles. The molecule has 2 N–H and O–H groups in total. The molecule has 88 valence electrons. The highest BCUT2D eigenvalue weighted by Crippen LogP contribution is 2.33. The molecule has 0 bridgehead atoms. The van der Waals surface area contributed by atoms with Gasteiger partial charge in [0.15, 0.2) is 0 Å². The Balaban J connectivity index is 2.32. The largest absolute Gasteiger partial charge is 0.332 e. The highest BCUT2D eigenvalue weighted by Gasteiger charge is 2.36. The number of thiophene rings is 1. The van der Waals surface area contributed by atoms with Crippen molar-refractivity contribution in [2.45, 2.75) is 44.8 Å². The summed E-state index contributed by atoms with van der Waals surface area (Å²) in [7, 11) is 0. The first-order valence-corrected chi connectivity index (χ1v) is 6.64. The Morgan fingerprint density at radius 3 is 2.88 bits per heavy atom. The molecule has 1 amide bonds. The minimum absolute atomic E-state index is 0.0625. The molecule has 1 fully saturated rings. The third-order valence-electron chi connectivity index (χ3n) is 3.13. The molecule has 2 unspecified atom stereocenters. The maximum atomic E-state index is 12.0. The van der Waals surface area contributed by atoms with Crippen molar-refractivity contribution in [1.82, 2.24) is 4.90 Å². The Kier molecular flexibility index (Phi) is 3.30. The van der Waals surface area contributed by atoms with E-state index in [0.717, 1.165) is 6.42 Å². The van der Waals surface area contributed by atoms with Crippen molar-refractivity contribution in [2.24, 2.45) is 5.73 Å². The summed E-state index contributed by atoms with van der Waals surface area (Å²) in [5.74, 6) is 0.230. The molecule has 0 aliphatic carbocycles. The Labute approximate surface area is 100 Å². The fourth-order valence-electron chi connectivity index (χ4n) is 2.40. The first-order chi connectivity index (χ1) is 7.61. The third kappa shape index (κ3) is 1.99. The van der Waals surface area contributed by atoms with Crippen molar-refractivity contribution >= 4 is 17.2 Å². The quantitative estimate of drug-likeness (QED) is 0.858. The highest BCUT2D eigenvalue weighted by molar-refractivity contribution is 7.08. The molecule has 2 atom stereocenters. The maximum Gasteiger partial charge on any atom is 0.223 e. The summed E-state index contributed by atoms with van der Waals surface area (Å²) in [4.78, 5) is 13.9. The fourth-order valence-corrected chi connectivity index (χ4v) is 3.09. The molecular weight excluding hydrogens is 220 g/mol. The summed E-state index contributed by atoms with van der Waals surface area (Å²) in [6.07, 6.45) is 1.38. The molecule has 2 heterocycles. The standard InChI is InChI=1S/C12H18N2OS/c1-8(2)14-11(15)4-3-10(13)12(14)9-5-6-16-7-9/h5-8,10,12H,3-4,13H2,1-2H3. The van der Waals surface area contributed by atoms with E-state index in [4.69, 9.17) is 5.73 Å². The van der Waals surface area contributed by atoms with Crippen LogP contribution in [-0.4, -0.2) is 22.9 Å². The lowest BCUT2D eigenvalue weighted by Crippen LogP contribution is -2.51. The van der Waals surface area contributed by atoms with Gasteiger partial charge >= 0.3 is 0 Å². The lowest BCUT2D eigenvalue weighted by molar-refractivity contribution is -0.139. The number of hydrogen-bond acceptors (Lipinski definition) is 3. The number of likely N-dealkylation sites (tertiary alicyclic amines) is 1. The molecule has 3 nitrogen and oxygen atoms in total. The first kappa shape index (κ1) is 11.6. The van der Waals surface area contributed by atoms with Crippen LogP contribution in [0.3, 0.4) is 0 Å². The van der Waals surface area contributed by atoms with Gasteiger partial charge in [-0.15, -0.1) is 0 Å². The monoisotopic (exact) mass is 238 g/mol. The molecule has 0 spiro atoms. The number of rotatable bonds is 2. The summed E-state index contributed by atoms with van der Waals surface area (Å²) in [6, 6.07) is 2.41. The molecule has 0 radical (unpaired) electrons. The van der Waals surface area contributed by atoms with Crippen molar-refractivity contribution in [2.75, 3.05) is 0 Å². The molecule has 1 aliphatic rings. The first-order valence-electron chi connectivity index (χ1n) is 5.70. The van der Waals surface area contributed by atoms with Gasteiger partial charge in [0.1, 0.15) is 0 Å². The van der Waals surface area contributed by atoms with Crippen LogP contribution in [0.15, 0.2) is 16.8 Å².